The number of benzene rings is 2. The van der Waals surface area contributed by atoms with Gasteiger partial charge < -0.3 is 28.4 Å². The van der Waals surface area contributed by atoms with Crippen molar-refractivity contribution in [3.8, 4) is 28.7 Å². The second-order valence-electron chi connectivity index (χ2n) is 6.57. The van der Waals surface area contributed by atoms with E-state index in [0.717, 1.165) is 0 Å². The summed E-state index contributed by atoms with van der Waals surface area (Å²) in [7, 11) is 4.54. The van der Waals surface area contributed by atoms with E-state index in [9.17, 15) is 9.59 Å². The standard InChI is InChI=1S/C23H24O8/c1-6-29-23(25)13(2)30-15-7-8-16-17(12-15)31-18(21(16)24)9-14-10-19(26-3)22(28-5)20(11-14)27-4/h7-13H,6H2,1-5H3/b18-9-. The van der Waals surface area contributed by atoms with Crippen LogP contribution >= 0.6 is 0 Å². The summed E-state index contributed by atoms with van der Waals surface area (Å²) in [4.78, 5) is 24.5. The minimum absolute atomic E-state index is 0.139. The molecule has 0 aliphatic carbocycles. The van der Waals surface area contributed by atoms with Crippen molar-refractivity contribution in [3.63, 3.8) is 0 Å². The lowest BCUT2D eigenvalue weighted by molar-refractivity contribution is -0.150. The molecule has 1 aliphatic rings. The molecular weight excluding hydrogens is 404 g/mol. The highest BCUT2D eigenvalue weighted by atomic mass is 16.6. The zero-order chi connectivity index (χ0) is 22.5. The van der Waals surface area contributed by atoms with Crippen LogP contribution in [0.5, 0.6) is 28.7 Å². The van der Waals surface area contributed by atoms with E-state index in [0.29, 0.717) is 39.9 Å². The predicted octanol–water partition coefficient (Wildman–Crippen LogP) is 3.66. The number of carbonyl (C=O) groups excluding carboxylic acids is 2. The molecule has 0 N–H and O–H groups in total. The van der Waals surface area contributed by atoms with Crippen molar-refractivity contribution < 1.29 is 38.0 Å². The fourth-order valence-electron chi connectivity index (χ4n) is 3.09. The number of ketones is 1. The molecule has 0 saturated carbocycles. The minimum atomic E-state index is -0.788. The largest absolute Gasteiger partial charge is 0.493 e. The molecule has 1 aliphatic heterocycles. The van der Waals surface area contributed by atoms with Gasteiger partial charge in [-0.3, -0.25) is 4.79 Å². The molecule has 1 heterocycles. The summed E-state index contributed by atoms with van der Waals surface area (Å²) in [6.45, 7) is 3.58. The Hall–Kier alpha value is -3.68. The maximum atomic E-state index is 12.8. The van der Waals surface area contributed by atoms with Crippen molar-refractivity contribution >= 4 is 17.8 Å². The van der Waals surface area contributed by atoms with Crippen molar-refractivity contribution in [2.45, 2.75) is 20.0 Å². The van der Waals surface area contributed by atoms with E-state index >= 15 is 0 Å². The molecule has 8 nitrogen and oxygen atoms in total. The molecular formula is C23H24O8. The number of carbonyl (C=O) groups is 2. The second kappa shape index (κ2) is 9.42. The zero-order valence-corrected chi connectivity index (χ0v) is 18.0. The Morgan fingerprint density at radius 1 is 1.06 bits per heavy atom. The van der Waals surface area contributed by atoms with Crippen LogP contribution in [-0.4, -0.2) is 45.8 Å². The van der Waals surface area contributed by atoms with E-state index in [1.54, 1.807) is 50.3 Å². The van der Waals surface area contributed by atoms with Crippen molar-refractivity contribution in [1.29, 1.82) is 0 Å². The third-order valence-electron chi connectivity index (χ3n) is 4.56. The van der Waals surface area contributed by atoms with Crippen LogP contribution in [0, 0.1) is 0 Å². The van der Waals surface area contributed by atoms with Crippen LogP contribution in [-0.2, 0) is 9.53 Å². The average molecular weight is 428 g/mol. The SMILES string of the molecule is CCOC(=O)C(C)Oc1ccc2c(c1)O/C(=C\c1cc(OC)c(OC)c(OC)c1)C2=O. The lowest BCUT2D eigenvalue weighted by Gasteiger charge is -2.13. The van der Waals surface area contributed by atoms with Crippen LogP contribution in [0.2, 0.25) is 0 Å². The van der Waals surface area contributed by atoms with Gasteiger partial charge in [-0.05, 0) is 49.8 Å². The third kappa shape index (κ3) is 4.58. The molecule has 0 fully saturated rings. The quantitative estimate of drug-likeness (QED) is 0.465. The molecule has 0 spiro atoms. The Balaban J connectivity index is 1.86. The van der Waals surface area contributed by atoms with Crippen LogP contribution in [0.4, 0.5) is 0 Å². The molecule has 0 radical (unpaired) electrons. The molecule has 164 valence electrons. The van der Waals surface area contributed by atoms with Crippen LogP contribution < -0.4 is 23.7 Å². The molecule has 0 aromatic heterocycles. The maximum absolute atomic E-state index is 12.8. The number of hydrogen-bond acceptors (Lipinski definition) is 8. The number of allylic oxidation sites excluding steroid dienone is 1. The van der Waals surface area contributed by atoms with Gasteiger partial charge in [0.2, 0.25) is 11.5 Å². The first-order chi connectivity index (χ1) is 14.9. The van der Waals surface area contributed by atoms with E-state index in [2.05, 4.69) is 0 Å². The fraction of sp³-hybridized carbons (Fsp3) is 0.304. The van der Waals surface area contributed by atoms with Gasteiger partial charge in [0.1, 0.15) is 11.5 Å². The first-order valence-corrected chi connectivity index (χ1v) is 9.63. The topological polar surface area (TPSA) is 89.5 Å². The van der Waals surface area contributed by atoms with Gasteiger partial charge in [0, 0.05) is 6.07 Å². The summed E-state index contributed by atoms with van der Waals surface area (Å²) in [5.41, 5.74) is 1.04. The summed E-state index contributed by atoms with van der Waals surface area (Å²) in [5, 5.41) is 0. The van der Waals surface area contributed by atoms with Gasteiger partial charge in [-0.25, -0.2) is 4.79 Å². The second-order valence-corrected chi connectivity index (χ2v) is 6.57. The molecule has 1 atom stereocenters. The minimum Gasteiger partial charge on any atom is -0.493 e. The molecule has 0 amide bonds. The summed E-state index contributed by atoms with van der Waals surface area (Å²) in [5.74, 6) is 1.50. The van der Waals surface area contributed by atoms with Crippen molar-refractivity contribution in [2.24, 2.45) is 0 Å². The summed E-state index contributed by atoms with van der Waals surface area (Å²) >= 11 is 0. The van der Waals surface area contributed by atoms with Crippen LogP contribution in [0.15, 0.2) is 36.1 Å². The van der Waals surface area contributed by atoms with E-state index < -0.39 is 12.1 Å². The highest BCUT2D eigenvalue weighted by molar-refractivity contribution is 6.14. The number of methoxy groups -OCH3 is 3. The number of hydrogen-bond donors (Lipinski definition) is 0. The van der Waals surface area contributed by atoms with Crippen LogP contribution in [0.25, 0.3) is 6.08 Å². The van der Waals surface area contributed by atoms with E-state index in [-0.39, 0.29) is 18.1 Å². The van der Waals surface area contributed by atoms with Gasteiger partial charge in [0.25, 0.3) is 0 Å². The van der Waals surface area contributed by atoms with Crippen molar-refractivity contribution in [1.82, 2.24) is 0 Å². The van der Waals surface area contributed by atoms with Gasteiger partial charge in [-0.15, -0.1) is 0 Å². The molecule has 1 unspecified atom stereocenters. The Bertz CT molecular complexity index is 999. The smallest absolute Gasteiger partial charge is 0.347 e. The van der Waals surface area contributed by atoms with E-state index in [1.807, 2.05) is 0 Å². The van der Waals surface area contributed by atoms with Gasteiger partial charge in [0.15, 0.2) is 23.4 Å². The molecule has 0 saturated heterocycles. The van der Waals surface area contributed by atoms with Gasteiger partial charge in [-0.1, -0.05) is 0 Å². The third-order valence-corrected chi connectivity index (χ3v) is 4.56. The Morgan fingerprint density at radius 3 is 2.32 bits per heavy atom. The predicted molar refractivity (Wildman–Crippen MR) is 112 cm³/mol. The average Bonchev–Trinajstić information content (AvgIpc) is 3.07. The maximum Gasteiger partial charge on any atom is 0.347 e. The lowest BCUT2D eigenvalue weighted by atomic mass is 10.1. The van der Waals surface area contributed by atoms with Gasteiger partial charge >= 0.3 is 5.97 Å². The van der Waals surface area contributed by atoms with Crippen LogP contribution in [0.1, 0.15) is 29.8 Å². The molecule has 8 heteroatoms. The molecule has 2 aromatic carbocycles. The fourth-order valence-corrected chi connectivity index (χ4v) is 3.09. The lowest BCUT2D eigenvalue weighted by Crippen LogP contribution is -2.26. The monoisotopic (exact) mass is 428 g/mol. The normalized spacial score (nSPS) is 14.5. The molecule has 2 aromatic rings. The molecule has 0 bridgehead atoms. The number of rotatable bonds is 8. The Morgan fingerprint density at radius 2 is 1.74 bits per heavy atom. The number of Topliss-reactive ketones (excluding diaryl/α,β-unsaturated/α-hetero) is 1. The number of esters is 1. The number of fused-ring (bicyclic) bond motifs is 1. The summed E-state index contributed by atoms with van der Waals surface area (Å²) in [6.07, 6.45) is 0.804. The molecule has 31 heavy (non-hydrogen) atoms. The first-order valence-electron chi connectivity index (χ1n) is 9.63. The molecule has 3 rings (SSSR count). The van der Waals surface area contributed by atoms with E-state index in [1.165, 1.54) is 21.3 Å². The van der Waals surface area contributed by atoms with Gasteiger partial charge in [0.05, 0.1) is 33.5 Å². The highest BCUT2D eigenvalue weighted by Gasteiger charge is 2.28. The van der Waals surface area contributed by atoms with Crippen LogP contribution in [0.3, 0.4) is 0 Å². The van der Waals surface area contributed by atoms with E-state index in [4.69, 9.17) is 28.4 Å². The first kappa shape index (κ1) is 22.0. The number of ether oxygens (including phenoxy) is 6. The van der Waals surface area contributed by atoms with Crippen molar-refractivity contribution in [2.75, 3.05) is 27.9 Å². The Kier molecular flexibility index (Phi) is 6.69. The summed E-state index contributed by atoms with van der Waals surface area (Å²) in [6, 6.07) is 8.20. The summed E-state index contributed by atoms with van der Waals surface area (Å²) < 4.78 is 32.3. The van der Waals surface area contributed by atoms with Gasteiger partial charge in [-0.2, -0.15) is 0 Å². The van der Waals surface area contributed by atoms with Crippen molar-refractivity contribution in [3.05, 3.63) is 47.2 Å². The zero-order valence-electron chi connectivity index (χ0n) is 18.0. The Labute approximate surface area is 180 Å². The highest BCUT2D eigenvalue weighted by Crippen LogP contribution is 2.40.